The van der Waals surface area contributed by atoms with Gasteiger partial charge in [-0.15, -0.1) is 0 Å². The van der Waals surface area contributed by atoms with Crippen LogP contribution in [0.5, 0.6) is 5.75 Å². The molecule has 0 radical (unpaired) electrons. The van der Waals surface area contributed by atoms with Crippen LogP contribution in [0.4, 0.5) is 10.7 Å². The van der Waals surface area contributed by atoms with Gasteiger partial charge in [-0.1, -0.05) is 15.9 Å². The lowest BCUT2D eigenvalue weighted by atomic mass is 10.2. The Labute approximate surface area is 162 Å². The molecule has 0 atom stereocenters. The summed E-state index contributed by atoms with van der Waals surface area (Å²) in [5, 5.41) is 4.07. The number of nitrogens with zero attached hydrogens (tertiary/aromatic N) is 3. The van der Waals surface area contributed by atoms with E-state index in [4.69, 9.17) is 9.47 Å². The maximum Gasteiger partial charge on any atom is 0.410 e. The lowest BCUT2D eigenvalue weighted by Gasteiger charge is -2.24. The Kier molecular flexibility index (Phi) is 6.63. The predicted octanol–water partition coefficient (Wildman–Crippen LogP) is 4.07. The van der Waals surface area contributed by atoms with Gasteiger partial charge in [0.05, 0.1) is 7.11 Å². The van der Waals surface area contributed by atoms with Crippen LogP contribution in [0.2, 0.25) is 0 Å². The molecule has 1 N–H and O–H groups in total. The number of hydrogen-bond donors (Lipinski definition) is 1. The molecule has 0 bridgehead atoms. The van der Waals surface area contributed by atoms with Crippen molar-refractivity contribution in [1.82, 2.24) is 14.9 Å². The summed E-state index contributed by atoms with van der Waals surface area (Å²) in [6, 6.07) is 3.81. The first kappa shape index (κ1) is 20.2. The number of amides is 1. The molecule has 142 valence electrons. The Bertz CT molecular complexity index is 777. The second-order valence-electron chi connectivity index (χ2n) is 6.92. The zero-order chi connectivity index (χ0) is 19.3. The topological polar surface area (TPSA) is 76.6 Å². The molecule has 8 heteroatoms. The third kappa shape index (κ3) is 5.72. The molecule has 26 heavy (non-hydrogen) atoms. The average molecular weight is 425 g/mol. The number of nitrogens with one attached hydrogen (secondary N) is 1. The number of hydrogen-bond acceptors (Lipinski definition) is 6. The number of halogens is 1. The molecule has 0 saturated carbocycles. The number of carbonyl (C=O) groups excluding carboxylic acids is 1. The molecular weight excluding hydrogens is 400 g/mol. The SMILES string of the molecule is COc1cc(Br)cc2cnc(NCCCN(C)C(=O)OC(C)(C)C)nc12. The van der Waals surface area contributed by atoms with Crippen LogP contribution in [0.3, 0.4) is 0 Å². The summed E-state index contributed by atoms with van der Waals surface area (Å²) >= 11 is 3.44. The molecular formula is C18H25BrN4O3. The van der Waals surface area contributed by atoms with Gasteiger partial charge in [0.2, 0.25) is 5.95 Å². The van der Waals surface area contributed by atoms with Gasteiger partial charge in [0.1, 0.15) is 16.9 Å². The van der Waals surface area contributed by atoms with Crippen LogP contribution < -0.4 is 10.1 Å². The number of ether oxygens (including phenoxy) is 2. The summed E-state index contributed by atoms with van der Waals surface area (Å²) in [7, 11) is 3.34. The van der Waals surface area contributed by atoms with E-state index in [2.05, 4.69) is 31.2 Å². The van der Waals surface area contributed by atoms with Gasteiger partial charge in [-0.05, 0) is 39.3 Å². The maximum atomic E-state index is 11.9. The van der Waals surface area contributed by atoms with Gasteiger partial charge in [-0.3, -0.25) is 0 Å². The van der Waals surface area contributed by atoms with E-state index in [1.807, 2.05) is 32.9 Å². The highest BCUT2D eigenvalue weighted by Crippen LogP contribution is 2.28. The van der Waals surface area contributed by atoms with Crippen LogP contribution in [0.15, 0.2) is 22.8 Å². The fourth-order valence-electron chi connectivity index (χ4n) is 2.27. The molecule has 7 nitrogen and oxygen atoms in total. The Morgan fingerprint density at radius 2 is 2.08 bits per heavy atom. The number of aromatic nitrogens is 2. The quantitative estimate of drug-likeness (QED) is 0.704. The van der Waals surface area contributed by atoms with Crippen molar-refractivity contribution in [2.75, 3.05) is 32.6 Å². The van der Waals surface area contributed by atoms with Crippen molar-refractivity contribution in [3.05, 3.63) is 22.8 Å². The predicted molar refractivity (Wildman–Crippen MR) is 106 cm³/mol. The zero-order valence-corrected chi connectivity index (χ0v) is 17.4. The smallest absolute Gasteiger partial charge is 0.410 e. The number of rotatable bonds is 6. The number of methoxy groups -OCH3 is 1. The molecule has 0 saturated heterocycles. The molecule has 2 aromatic rings. The minimum atomic E-state index is -0.490. The molecule has 0 aliphatic heterocycles. The maximum absolute atomic E-state index is 11.9. The van der Waals surface area contributed by atoms with E-state index in [1.165, 1.54) is 0 Å². The Hall–Kier alpha value is -2.09. The van der Waals surface area contributed by atoms with Crippen molar-refractivity contribution in [1.29, 1.82) is 0 Å². The Morgan fingerprint density at radius 1 is 1.35 bits per heavy atom. The van der Waals surface area contributed by atoms with Crippen molar-refractivity contribution < 1.29 is 14.3 Å². The van der Waals surface area contributed by atoms with Crippen molar-refractivity contribution in [2.24, 2.45) is 0 Å². The minimum Gasteiger partial charge on any atom is -0.494 e. The summed E-state index contributed by atoms with van der Waals surface area (Å²) in [4.78, 5) is 22.3. The standard InChI is InChI=1S/C18H25BrN4O3/c1-18(2,3)26-17(24)23(4)8-6-7-20-16-21-11-12-9-13(19)10-14(25-5)15(12)22-16/h9-11H,6-8H2,1-5H3,(H,20,21,22). The second-order valence-corrected chi connectivity index (χ2v) is 7.84. The van der Waals surface area contributed by atoms with E-state index in [0.29, 0.717) is 24.8 Å². The van der Waals surface area contributed by atoms with Crippen LogP contribution in [0.1, 0.15) is 27.2 Å². The van der Waals surface area contributed by atoms with E-state index < -0.39 is 5.60 Å². The lowest BCUT2D eigenvalue weighted by Crippen LogP contribution is -2.35. The highest BCUT2D eigenvalue weighted by atomic mass is 79.9. The first-order valence-corrected chi connectivity index (χ1v) is 9.17. The minimum absolute atomic E-state index is 0.324. The third-order valence-corrected chi connectivity index (χ3v) is 3.95. The number of fused-ring (bicyclic) bond motifs is 1. The fraction of sp³-hybridized carbons (Fsp3) is 0.500. The normalized spacial score (nSPS) is 11.3. The van der Waals surface area contributed by atoms with Crippen LogP contribution in [-0.4, -0.2) is 53.8 Å². The molecule has 0 aliphatic rings. The molecule has 0 aliphatic carbocycles. The summed E-state index contributed by atoms with van der Waals surface area (Å²) in [6.07, 6.45) is 2.18. The van der Waals surface area contributed by atoms with Gasteiger partial charge in [-0.2, -0.15) is 0 Å². The average Bonchev–Trinajstić information content (AvgIpc) is 2.56. The van der Waals surface area contributed by atoms with Crippen molar-refractivity contribution in [3.8, 4) is 5.75 Å². The summed E-state index contributed by atoms with van der Waals surface area (Å²) in [5.74, 6) is 1.21. The Balaban J connectivity index is 1.90. The van der Waals surface area contributed by atoms with Crippen LogP contribution in [-0.2, 0) is 4.74 Å². The van der Waals surface area contributed by atoms with Crippen LogP contribution in [0, 0.1) is 0 Å². The van der Waals surface area contributed by atoms with E-state index in [-0.39, 0.29) is 6.09 Å². The largest absolute Gasteiger partial charge is 0.494 e. The van der Waals surface area contributed by atoms with E-state index in [0.717, 1.165) is 21.8 Å². The second kappa shape index (κ2) is 8.53. The van der Waals surface area contributed by atoms with Gasteiger partial charge in [-0.25, -0.2) is 14.8 Å². The molecule has 0 spiro atoms. The van der Waals surface area contributed by atoms with Gasteiger partial charge < -0.3 is 19.7 Å². The molecule has 1 heterocycles. The van der Waals surface area contributed by atoms with Crippen molar-refractivity contribution >= 4 is 38.9 Å². The zero-order valence-electron chi connectivity index (χ0n) is 15.8. The molecule has 0 fully saturated rings. The monoisotopic (exact) mass is 424 g/mol. The van der Waals surface area contributed by atoms with Gasteiger partial charge in [0, 0.05) is 36.2 Å². The first-order valence-electron chi connectivity index (χ1n) is 8.38. The highest BCUT2D eigenvalue weighted by molar-refractivity contribution is 9.10. The molecule has 2 rings (SSSR count). The van der Waals surface area contributed by atoms with Crippen LogP contribution >= 0.6 is 15.9 Å². The lowest BCUT2D eigenvalue weighted by molar-refractivity contribution is 0.0298. The Morgan fingerprint density at radius 3 is 2.73 bits per heavy atom. The number of anilines is 1. The van der Waals surface area contributed by atoms with Gasteiger partial charge in [0.15, 0.2) is 0 Å². The highest BCUT2D eigenvalue weighted by Gasteiger charge is 2.19. The number of carbonyl (C=O) groups is 1. The van der Waals surface area contributed by atoms with E-state index in [1.54, 1.807) is 25.3 Å². The summed E-state index contributed by atoms with van der Waals surface area (Å²) in [5.41, 5.74) is 0.260. The molecule has 0 unspecified atom stereocenters. The van der Waals surface area contributed by atoms with E-state index in [9.17, 15) is 4.79 Å². The number of benzene rings is 1. The first-order chi connectivity index (χ1) is 12.2. The van der Waals surface area contributed by atoms with Crippen LogP contribution in [0.25, 0.3) is 10.9 Å². The van der Waals surface area contributed by atoms with Gasteiger partial charge in [0.25, 0.3) is 0 Å². The van der Waals surface area contributed by atoms with E-state index >= 15 is 0 Å². The summed E-state index contributed by atoms with van der Waals surface area (Å²) in [6.45, 7) is 6.77. The van der Waals surface area contributed by atoms with Gasteiger partial charge >= 0.3 is 6.09 Å². The molecule has 1 aromatic heterocycles. The van der Waals surface area contributed by atoms with Crippen molar-refractivity contribution in [3.63, 3.8) is 0 Å². The summed E-state index contributed by atoms with van der Waals surface area (Å²) < 4.78 is 11.6. The molecule has 1 amide bonds. The fourth-order valence-corrected chi connectivity index (χ4v) is 2.72. The third-order valence-electron chi connectivity index (χ3n) is 3.49. The van der Waals surface area contributed by atoms with Crippen molar-refractivity contribution in [2.45, 2.75) is 32.8 Å². The molecule has 1 aromatic carbocycles.